The van der Waals surface area contributed by atoms with Crippen LogP contribution in [0.1, 0.15) is 11.1 Å². The molecule has 3 aromatic carbocycles. The van der Waals surface area contributed by atoms with Crippen molar-refractivity contribution in [3.8, 4) is 5.75 Å². The predicted molar refractivity (Wildman–Crippen MR) is 101 cm³/mol. The molecule has 0 aliphatic rings. The van der Waals surface area contributed by atoms with E-state index in [-0.39, 0.29) is 0 Å². The maximum Gasteiger partial charge on any atom is 0.124 e. The largest absolute Gasteiger partial charge is 0.489 e. The fraction of sp³-hybridized carbons (Fsp3) is 0.136. The molecule has 0 heterocycles. The van der Waals surface area contributed by atoms with Gasteiger partial charge in [0.15, 0.2) is 0 Å². The van der Waals surface area contributed by atoms with Gasteiger partial charge in [0.1, 0.15) is 18.6 Å². The first-order chi connectivity index (χ1) is 12.3. The molecule has 3 rings (SSSR count). The molecule has 3 aromatic rings. The summed E-state index contributed by atoms with van der Waals surface area (Å²) in [4.78, 5) is 12.7. The maximum absolute atomic E-state index is 10.6. The lowest BCUT2D eigenvalue weighted by Gasteiger charge is -2.20. The fourth-order valence-corrected chi connectivity index (χ4v) is 2.61. The van der Waals surface area contributed by atoms with Crippen molar-refractivity contribution in [3.05, 3.63) is 90.0 Å². The summed E-state index contributed by atoms with van der Waals surface area (Å²) in [6.45, 7) is 0.564. The molecule has 0 fully saturated rings. The Balaban J connectivity index is 1.63. The van der Waals surface area contributed by atoms with E-state index in [1.807, 2.05) is 73.8 Å². The summed E-state index contributed by atoms with van der Waals surface area (Å²) >= 11 is 0. The van der Waals surface area contributed by atoms with Gasteiger partial charge in [0, 0.05) is 24.8 Å². The van der Waals surface area contributed by atoms with E-state index < -0.39 is 0 Å². The van der Waals surface area contributed by atoms with Crippen molar-refractivity contribution in [2.24, 2.45) is 0 Å². The van der Waals surface area contributed by atoms with E-state index in [0.717, 1.165) is 34.5 Å². The van der Waals surface area contributed by atoms with Gasteiger partial charge in [0.2, 0.25) is 0 Å². The van der Waals surface area contributed by atoms with Crippen molar-refractivity contribution in [1.82, 2.24) is 0 Å². The minimum absolute atomic E-state index is 0.456. The first kappa shape index (κ1) is 16.8. The Labute approximate surface area is 148 Å². The number of benzene rings is 3. The number of hydrogen-bond acceptors (Lipinski definition) is 3. The molecule has 0 bridgehead atoms. The van der Waals surface area contributed by atoms with Crippen LogP contribution in [-0.4, -0.2) is 13.3 Å². The van der Waals surface area contributed by atoms with E-state index in [1.165, 1.54) is 0 Å². The molecule has 0 aromatic heterocycles. The molecule has 0 aliphatic heterocycles. The molecule has 0 saturated carbocycles. The average Bonchev–Trinajstić information content (AvgIpc) is 2.68. The average molecular weight is 331 g/mol. The first-order valence-electron chi connectivity index (χ1n) is 8.29. The molecule has 0 atom stereocenters. The lowest BCUT2D eigenvalue weighted by atomic mass is 10.1. The van der Waals surface area contributed by atoms with Gasteiger partial charge < -0.3 is 14.4 Å². The molecule has 0 aliphatic carbocycles. The quantitative estimate of drug-likeness (QED) is 0.584. The lowest BCUT2D eigenvalue weighted by Crippen LogP contribution is -2.09. The maximum atomic E-state index is 10.6. The normalized spacial score (nSPS) is 10.3. The van der Waals surface area contributed by atoms with Gasteiger partial charge in [-0.25, -0.2) is 0 Å². The second kappa shape index (κ2) is 8.15. The Morgan fingerprint density at radius 3 is 2.00 bits per heavy atom. The second-order valence-corrected chi connectivity index (χ2v) is 5.86. The molecule has 0 saturated heterocycles. The monoisotopic (exact) mass is 331 g/mol. The molecule has 3 heteroatoms. The van der Waals surface area contributed by atoms with Crippen LogP contribution in [0.3, 0.4) is 0 Å². The highest BCUT2D eigenvalue weighted by atomic mass is 16.5. The summed E-state index contributed by atoms with van der Waals surface area (Å²) < 4.78 is 5.82. The van der Waals surface area contributed by atoms with Gasteiger partial charge in [-0.1, -0.05) is 42.5 Å². The van der Waals surface area contributed by atoms with Crippen molar-refractivity contribution in [1.29, 1.82) is 0 Å². The molecular weight excluding hydrogens is 310 g/mol. The van der Waals surface area contributed by atoms with Crippen LogP contribution in [0.5, 0.6) is 5.75 Å². The van der Waals surface area contributed by atoms with Crippen LogP contribution in [0, 0.1) is 0 Å². The molecule has 25 heavy (non-hydrogen) atoms. The highest BCUT2D eigenvalue weighted by Crippen LogP contribution is 2.26. The summed E-state index contributed by atoms with van der Waals surface area (Å²) in [6.07, 6.45) is 1.38. The lowest BCUT2D eigenvalue weighted by molar-refractivity contribution is -0.107. The Kier molecular flexibility index (Phi) is 5.47. The van der Waals surface area contributed by atoms with Crippen LogP contribution < -0.4 is 9.64 Å². The summed E-state index contributed by atoms with van der Waals surface area (Å²) in [7, 11) is 2.02. The Morgan fingerprint density at radius 2 is 1.40 bits per heavy atom. The van der Waals surface area contributed by atoms with Crippen molar-refractivity contribution in [2.75, 3.05) is 11.9 Å². The number of carbonyl (C=O) groups excluding carboxylic acids is 1. The van der Waals surface area contributed by atoms with E-state index in [2.05, 4.69) is 17.0 Å². The van der Waals surface area contributed by atoms with E-state index >= 15 is 0 Å². The van der Waals surface area contributed by atoms with Crippen molar-refractivity contribution in [2.45, 2.75) is 13.0 Å². The van der Waals surface area contributed by atoms with Crippen molar-refractivity contribution >= 4 is 17.7 Å². The summed E-state index contributed by atoms with van der Waals surface area (Å²) in [5.41, 5.74) is 4.33. The first-order valence-corrected chi connectivity index (χ1v) is 8.29. The van der Waals surface area contributed by atoms with E-state index in [9.17, 15) is 4.79 Å². The number of carbonyl (C=O) groups is 1. The predicted octanol–water partition coefficient (Wildman–Crippen LogP) is 4.77. The van der Waals surface area contributed by atoms with Crippen LogP contribution in [0.2, 0.25) is 0 Å². The van der Waals surface area contributed by atoms with E-state index in [0.29, 0.717) is 13.0 Å². The number of nitrogens with zero attached hydrogens (tertiary/aromatic N) is 1. The molecular formula is C22H21NO2. The van der Waals surface area contributed by atoms with Gasteiger partial charge >= 0.3 is 0 Å². The Bertz CT molecular complexity index is 796. The van der Waals surface area contributed by atoms with Crippen LogP contribution in [0.15, 0.2) is 78.9 Å². The van der Waals surface area contributed by atoms with Gasteiger partial charge in [0.05, 0.1) is 0 Å². The SMILES string of the molecule is CN(c1ccc(CC=O)cc1)c1ccc(OCc2ccccc2)cc1. The van der Waals surface area contributed by atoms with Gasteiger partial charge in [-0.15, -0.1) is 0 Å². The molecule has 0 radical (unpaired) electrons. The van der Waals surface area contributed by atoms with Crippen molar-refractivity contribution < 1.29 is 9.53 Å². The molecule has 0 unspecified atom stereocenters. The highest BCUT2D eigenvalue weighted by molar-refractivity contribution is 5.64. The number of ether oxygens (including phenoxy) is 1. The van der Waals surface area contributed by atoms with Gasteiger partial charge in [-0.2, -0.15) is 0 Å². The minimum atomic E-state index is 0.456. The Morgan fingerprint density at radius 1 is 0.800 bits per heavy atom. The van der Waals surface area contributed by atoms with Gasteiger partial charge in [-0.05, 0) is 47.5 Å². The van der Waals surface area contributed by atoms with Crippen LogP contribution >= 0.6 is 0 Å². The zero-order chi connectivity index (χ0) is 17.5. The molecule has 0 spiro atoms. The summed E-state index contributed by atoms with van der Waals surface area (Å²) in [5.74, 6) is 0.849. The van der Waals surface area contributed by atoms with Crippen LogP contribution in [-0.2, 0) is 17.8 Å². The second-order valence-electron chi connectivity index (χ2n) is 5.86. The zero-order valence-electron chi connectivity index (χ0n) is 14.3. The number of hydrogen-bond donors (Lipinski definition) is 0. The highest BCUT2D eigenvalue weighted by Gasteiger charge is 2.05. The van der Waals surface area contributed by atoms with Gasteiger partial charge in [-0.3, -0.25) is 0 Å². The molecule has 0 N–H and O–H groups in total. The van der Waals surface area contributed by atoms with Crippen LogP contribution in [0.25, 0.3) is 0 Å². The minimum Gasteiger partial charge on any atom is -0.489 e. The summed E-state index contributed by atoms with van der Waals surface area (Å²) in [6, 6.07) is 26.2. The number of aldehydes is 1. The molecule has 0 amide bonds. The number of rotatable bonds is 7. The Hall–Kier alpha value is -3.07. The van der Waals surface area contributed by atoms with E-state index in [4.69, 9.17) is 4.74 Å². The molecule has 3 nitrogen and oxygen atoms in total. The third kappa shape index (κ3) is 4.48. The summed E-state index contributed by atoms with van der Waals surface area (Å²) in [5, 5.41) is 0. The topological polar surface area (TPSA) is 29.5 Å². The van der Waals surface area contributed by atoms with Crippen LogP contribution in [0.4, 0.5) is 11.4 Å². The number of anilines is 2. The van der Waals surface area contributed by atoms with Gasteiger partial charge in [0.25, 0.3) is 0 Å². The third-order valence-electron chi connectivity index (χ3n) is 4.12. The molecule has 126 valence electrons. The zero-order valence-corrected chi connectivity index (χ0v) is 14.3. The van der Waals surface area contributed by atoms with Crippen molar-refractivity contribution in [3.63, 3.8) is 0 Å². The smallest absolute Gasteiger partial charge is 0.124 e. The standard InChI is InChI=1S/C22H21NO2/c1-23(20-9-7-18(8-10-20)15-16-24)21-11-13-22(14-12-21)25-17-19-5-3-2-4-6-19/h2-14,16H,15,17H2,1H3. The van der Waals surface area contributed by atoms with E-state index in [1.54, 1.807) is 0 Å². The third-order valence-corrected chi connectivity index (χ3v) is 4.12. The fourth-order valence-electron chi connectivity index (χ4n) is 2.61.